The van der Waals surface area contributed by atoms with E-state index in [9.17, 15) is 18.3 Å². The number of hydrogen-bond donors (Lipinski definition) is 1. The number of aromatic nitrogens is 1. The summed E-state index contributed by atoms with van der Waals surface area (Å²) < 4.78 is 34.9. The predicted octanol–water partition coefficient (Wildman–Crippen LogP) is 2.51. The molecule has 3 atom stereocenters. The van der Waals surface area contributed by atoms with E-state index in [1.54, 1.807) is 55.5 Å². The predicted molar refractivity (Wildman–Crippen MR) is 136 cm³/mol. The minimum absolute atomic E-state index is 0.0298. The number of carbonyl (C=O) groups is 1. The average Bonchev–Trinajstić information content (AvgIpc) is 2.83. The van der Waals surface area contributed by atoms with Crippen molar-refractivity contribution in [1.82, 2.24) is 14.2 Å². The number of nitrogens with zero attached hydrogens (tertiary/aromatic N) is 3. The molecule has 1 aliphatic heterocycles. The molecule has 0 spiro atoms. The number of carbonyl (C=O) groups excluding carboxylic acids is 1. The highest BCUT2D eigenvalue weighted by atomic mass is 32.2. The number of rotatable bonds is 5. The molecule has 1 N–H and O–H groups in total. The molecule has 2 heterocycles. The van der Waals surface area contributed by atoms with Gasteiger partial charge in [-0.2, -0.15) is 4.31 Å². The Morgan fingerprint density at radius 2 is 1.92 bits per heavy atom. The second-order valence-electron chi connectivity index (χ2n) is 9.73. The van der Waals surface area contributed by atoms with Crippen LogP contribution in [0.2, 0.25) is 0 Å². The number of fused-ring (bicyclic) bond motifs is 1. The van der Waals surface area contributed by atoms with Crippen LogP contribution in [0.5, 0.6) is 5.75 Å². The van der Waals surface area contributed by atoms with E-state index in [4.69, 9.17) is 4.74 Å². The first kappa shape index (κ1) is 26.1. The summed E-state index contributed by atoms with van der Waals surface area (Å²) in [5, 5.41) is 9.80. The molecule has 2 aliphatic rings. The highest BCUT2D eigenvalue weighted by Crippen LogP contribution is 2.35. The summed E-state index contributed by atoms with van der Waals surface area (Å²) in [5.74, 6) is 6.25. The third kappa shape index (κ3) is 5.56. The maximum Gasteiger partial charge on any atom is 0.247 e. The second kappa shape index (κ2) is 11.0. The smallest absolute Gasteiger partial charge is 0.247 e. The fourth-order valence-electron chi connectivity index (χ4n) is 4.43. The van der Waals surface area contributed by atoms with Crippen LogP contribution in [0.25, 0.3) is 0 Å². The molecular formula is C27H33N3O5S. The fourth-order valence-corrected chi connectivity index (χ4v) is 6.25. The number of ether oxygens (including phenoxy) is 1. The quantitative estimate of drug-likeness (QED) is 0.620. The monoisotopic (exact) mass is 511 g/mol. The Morgan fingerprint density at radius 3 is 2.56 bits per heavy atom. The van der Waals surface area contributed by atoms with E-state index < -0.39 is 22.2 Å². The van der Waals surface area contributed by atoms with Crippen LogP contribution < -0.4 is 4.74 Å². The van der Waals surface area contributed by atoms with Gasteiger partial charge in [-0.3, -0.25) is 9.78 Å². The van der Waals surface area contributed by atoms with Gasteiger partial charge in [0.1, 0.15) is 16.7 Å². The van der Waals surface area contributed by atoms with Crippen LogP contribution in [-0.4, -0.2) is 72.5 Å². The molecular weight excluding hydrogens is 478 g/mol. The summed E-state index contributed by atoms with van der Waals surface area (Å²) in [4.78, 5) is 18.5. The lowest BCUT2D eigenvalue weighted by Gasteiger charge is -2.38. The Labute approximate surface area is 213 Å². The third-order valence-electron chi connectivity index (χ3n) is 6.98. The standard InChI is InChI=1S/C27H33N3O5S/c1-19-16-30(20(2)18-31)36(33,34)26-10-9-22(8-7-21-11-13-28-14-12-21)15-24(26)35-25(19)17-29(3)27(32)23-5-4-6-23/h9-15,19-20,23,25,31H,4-6,16-18H2,1-3H3/t19-,20-,25-/m0/s1. The van der Waals surface area contributed by atoms with Crippen LogP contribution in [0.4, 0.5) is 0 Å². The van der Waals surface area contributed by atoms with Gasteiger partial charge in [0.05, 0.1) is 13.2 Å². The van der Waals surface area contributed by atoms with Crippen LogP contribution in [0.1, 0.15) is 44.2 Å². The van der Waals surface area contributed by atoms with Gasteiger partial charge in [-0.15, -0.1) is 0 Å². The molecule has 4 rings (SSSR count). The zero-order valence-electron chi connectivity index (χ0n) is 20.9. The lowest BCUT2D eigenvalue weighted by atomic mass is 9.84. The van der Waals surface area contributed by atoms with E-state index in [0.29, 0.717) is 12.1 Å². The average molecular weight is 512 g/mol. The maximum absolute atomic E-state index is 13.6. The summed E-state index contributed by atoms with van der Waals surface area (Å²) in [5.41, 5.74) is 1.39. The SMILES string of the molecule is C[C@H]1CN([C@@H](C)CO)S(=O)(=O)c2ccc(C#Cc3ccncc3)cc2O[C@H]1CN(C)C(=O)C1CCC1. The van der Waals surface area contributed by atoms with Gasteiger partial charge < -0.3 is 14.7 Å². The highest BCUT2D eigenvalue weighted by molar-refractivity contribution is 7.89. The van der Waals surface area contributed by atoms with E-state index in [1.165, 1.54) is 10.4 Å². The van der Waals surface area contributed by atoms with Gasteiger partial charge in [-0.25, -0.2) is 8.42 Å². The second-order valence-corrected chi connectivity index (χ2v) is 11.6. The largest absolute Gasteiger partial charge is 0.487 e. The Morgan fingerprint density at radius 1 is 1.22 bits per heavy atom. The van der Waals surface area contributed by atoms with Gasteiger partial charge in [0.25, 0.3) is 0 Å². The van der Waals surface area contributed by atoms with Gasteiger partial charge in [0.2, 0.25) is 15.9 Å². The lowest BCUT2D eigenvalue weighted by Crippen LogP contribution is -2.50. The molecule has 0 saturated heterocycles. The molecule has 1 aromatic carbocycles. The number of sulfonamides is 1. The number of amides is 1. The molecule has 0 bridgehead atoms. The Hall–Kier alpha value is -2.93. The first-order chi connectivity index (χ1) is 17.2. The molecule has 36 heavy (non-hydrogen) atoms. The van der Waals surface area contributed by atoms with Crippen LogP contribution in [0, 0.1) is 23.7 Å². The molecule has 0 radical (unpaired) electrons. The zero-order valence-corrected chi connectivity index (χ0v) is 21.7. The molecule has 2 aromatic rings. The van der Waals surface area contributed by atoms with E-state index in [0.717, 1.165) is 24.8 Å². The normalized spacial score (nSPS) is 22.4. The Kier molecular flexibility index (Phi) is 7.98. The van der Waals surface area contributed by atoms with Crippen molar-refractivity contribution in [2.45, 2.75) is 50.2 Å². The molecule has 192 valence electrons. The van der Waals surface area contributed by atoms with Crippen molar-refractivity contribution in [2.75, 3.05) is 26.7 Å². The van der Waals surface area contributed by atoms with E-state index in [2.05, 4.69) is 16.8 Å². The van der Waals surface area contributed by atoms with Crippen molar-refractivity contribution in [1.29, 1.82) is 0 Å². The van der Waals surface area contributed by atoms with Crippen molar-refractivity contribution in [3.8, 4) is 17.6 Å². The van der Waals surface area contributed by atoms with Gasteiger partial charge in [0, 0.05) is 55.0 Å². The van der Waals surface area contributed by atoms with Crippen LogP contribution in [-0.2, 0) is 14.8 Å². The maximum atomic E-state index is 13.6. The van der Waals surface area contributed by atoms with Crippen molar-refractivity contribution in [3.05, 3.63) is 53.9 Å². The Bertz CT molecular complexity index is 1250. The molecule has 0 unspecified atom stereocenters. The molecule has 1 aliphatic carbocycles. The van der Waals surface area contributed by atoms with Gasteiger partial charge in [-0.1, -0.05) is 25.2 Å². The zero-order chi connectivity index (χ0) is 25.9. The molecule has 8 nitrogen and oxygen atoms in total. The fraction of sp³-hybridized carbons (Fsp3) is 0.481. The highest BCUT2D eigenvalue weighted by Gasteiger charge is 2.39. The van der Waals surface area contributed by atoms with E-state index >= 15 is 0 Å². The minimum Gasteiger partial charge on any atom is -0.487 e. The van der Waals surface area contributed by atoms with E-state index in [-0.39, 0.29) is 41.5 Å². The van der Waals surface area contributed by atoms with Crippen LogP contribution in [0.3, 0.4) is 0 Å². The molecule has 1 saturated carbocycles. The summed E-state index contributed by atoms with van der Waals surface area (Å²) in [6.07, 6.45) is 5.77. The number of benzene rings is 1. The third-order valence-corrected chi connectivity index (χ3v) is 9.00. The summed E-state index contributed by atoms with van der Waals surface area (Å²) >= 11 is 0. The number of likely N-dealkylation sites (N-methyl/N-ethyl adjacent to an activating group) is 1. The topological polar surface area (TPSA) is 100 Å². The summed E-state index contributed by atoms with van der Waals surface area (Å²) in [7, 11) is -2.16. The van der Waals surface area contributed by atoms with Crippen molar-refractivity contribution < 1.29 is 23.1 Å². The van der Waals surface area contributed by atoms with Gasteiger partial charge in [-0.05, 0) is 50.1 Å². The number of hydrogen-bond acceptors (Lipinski definition) is 6. The number of aliphatic hydroxyl groups is 1. The molecule has 1 aromatic heterocycles. The first-order valence-electron chi connectivity index (χ1n) is 12.3. The molecule has 1 amide bonds. The molecule has 1 fully saturated rings. The molecule has 9 heteroatoms. The van der Waals surface area contributed by atoms with Crippen LogP contribution in [0.15, 0.2) is 47.6 Å². The van der Waals surface area contributed by atoms with Gasteiger partial charge >= 0.3 is 0 Å². The lowest BCUT2D eigenvalue weighted by molar-refractivity contribution is -0.138. The Balaban J connectivity index is 1.71. The summed E-state index contributed by atoms with van der Waals surface area (Å²) in [6.45, 7) is 3.80. The van der Waals surface area contributed by atoms with Gasteiger partial charge in [0.15, 0.2) is 0 Å². The minimum atomic E-state index is -3.94. The van der Waals surface area contributed by atoms with E-state index in [1.807, 2.05) is 6.92 Å². The van der Waals surface area contributed by atoms with Crippen molar-refractivity contribution in [2.24, 2.45) is 11.8 Å². The first-order valence-corrected chi connectivity index (χ1v) is 13.7. The van der Waals surface area contributed by atoms with Crippen molar-refractivity contribution >= 4 is 15.9 Å². The van der Waals surface area contributed by atoms with Crippen LogP contribution >= 0.6 is 0 Å². The number of pyridine rings is 1. The summed E-state index contributed by atoms with van der Waals surface area (Å²) in [6, 6.07) is 7.79. The van der Waals surface area contributed by atoms with Crippen molar-refractivity contribution in [3.63, 3.8) is 0 Å². The number of aliphatic hydroxyl groups excluding tert-OH is 1.